The van der Waals surface area contributed by atoms with E-state index >= 15 is 0 Å². The van der Waals surface area contributed by atoms with E-state index in [2.05, 4.69) is 45.0 Å². The molecule has 0 unspecified atom stereocenters. The lowest BCUT2D eigenvalue weighted by Gasteiger charge is -2.37. The molecule has 4 nitrogen and oxygen atoms in total. The Hall–Kier alpha value is -1.79. The fourth-order valence-electron chi connectivity index (χ4n) is 4.08. The fraction of sp³-hybridized carbons (Fsp3) is 0.478. The molecule has 0 N–H and O–H groups in total. The van der Waals surface area contributed by atoms with Crippen LogP contribution in [0.2, 0.25) is 0 Å². The van der Waals surface area contributed by atoms with E-state index in [9.17, 15) is 4.39 Å². The summed E-state index contributed by atoms with van der Waals surface area (Å²) < 4.78 is 19.1. The third kappa shape index (κ3) is 5.39. The molecule has 0 amide bonds. The topological polar surface area (TPSA) is 19.0 Å². The second kappa shape index (κ2) is 9.61. The normalized spacial score (nSPS) is 22.4. The van der Waals surface area contributed by atoms with Crippen LogP contribution in [0, 0.1) is 5.82 Å². The average molecular weight is 384 g/mol. The number of rotatable bonds is 6. The lowest BCUT2D eigenvalue weighted by atomic mass is 10.1. The second-order valence-electron chi connectivity index (χ2n) is 7.81. The molecule has 5 heteroatoms. The predicted octanol–water partition coefficient (Wildman–Crippen LogP) is 3.02. The van der Waals surface area contributed by atoms with Crippen LogP contribution in [0.4, 0.5) is 4.39 Å². The molecule has 28 heavy (non-hydrogen) atoms. The molecule has 2 saturated heterocycles. The van der Waals surface area contributed by atoms with E-state index in [0.29, 0.717) is 0 Å². The molecule has 0 bridgehead atoms. The van der Waals surface area contributed by atoms with Crippen molar-refractivity contribution >= 4 is 0 Å². The zero-order valence-corrected chi connectivity index (χ0v) is 16.5. The van der Waals surface area contributed by atoms with Crippen LogP contribution >= 0.6 is 0 Å². The Morgan fingerprint density at radius 1 is 0.786 bits per heavy atom. The van der Waals surface area contributed by atoms with Crippen molar-refractivity contribution in [1.29, 1.82) is 0 Å². The second-order valence-corrected chi connectivity index (χ2v) is 7.81. The summed E-state index contributed by atoms with van der Waals surface area (Å²) in [7, 11) is 0. The van der Waals surface area contributed by atoms with E-state index in [1.165, 1.54) is 17.7 Å². The van der Waals surface area contributed by atoms with Crippen molar-refractivity contribution in [3.8, 4) is 0 Å². The first-order valence-electron chi connectivity index (χ1n) is 10.3. The summed E-state index contributed by atoms with van der Waals surface area (Å²) in [5, 5.41) is 0. The van der Waals surface area contributed by atoms with E-state index in [1.54, 1.807) is 0 Å². The third-order valence-electron chi connectivity index (χ3n) is 5.84. The Bertz CT molecular complexity index is 716. The van der Waals surface area contributed by atoms with Crippen molar-refractivity contribution < 1.29 is 9.13 Å². The minimum Gasteiger partial charge on any atom is -0.371 e. The van der Waals surface area contributed by atoms with Gasteiger partial charge in [0.1, 0.15) is 5.82 Å². The third-order valence-corrected chi connectivity index (χ3v) is 5.84. The van der Waals surface area contributed by atoms with Crippen molar-refractivity contribution in [3.05, 3.63) is 71.5 Å². The summed E-state index contributed by atoms with van der Waals surface area (Å²) in [5.74, 6) is -0.192. The van der Waals surface area contributed by atoms with Crippen LogP contribution in [-0.4, -0.2) is 73.7 Å². The smallest absolute Gasteiger partial charge is 0.123 e. The van der Waals surface area contributed by atoms with Gasteiger partial charge in [0.15, 0.2) is 0 Å². The predicted molar refractivity (Wildman–Crippen MR) is 110 cm³/mol. The molecule has 2 heterocycles. The van der Waals surface area contributed by atoms with E-state index in [4.69, 9.17) is 4.74 Å². The summed E-state index contributed by atoms with van der Waals surface area (Å²) in [6.07, 6.45) is 0.0528. The van der Waals surface area contributed by atoms with Gasteiger partial charge in [-0.2, -0.15) is 0 Å². The zero-order chi connectivity index (χ0) is 19.2. The van der Waals surface area contributed by atoms with Crippen molar-refractivity contribution in [2.24, 2.45) is 0 Å². The molecule has 0 aliphatic carbocycles. The first-order chi connectivity index (χ1) is 13.8. The number of benzene rings is 2. The standard InChI is InChI=1S/C23H30FN3O/c24-22-8-6-21(7-9-22)23-19-27(16-17-28-23)15-12-25-10-13-26(14-11-25)18-20-4-2-1-3-5-20/h1-9,23H,10-19H2/t23-/m1/s1. The minimum absolute atomic E-state index is 0.0528. The van der Waals surface area contributed by atoms with E-state index in [1.807, 2.05) is 12.1 Å². The highest BCUT2D eigenvalue weighted by Crippen LogP contribution is 2.22. The first-order valence-corrected chi connectivity index (χ1v) is 10.3. The van der Waals surface area contributed by atoms with Gasteiger partial charge >= 0.3 is 0 Å². The summed E-state index contributed by atoms with van der Waals surface area (Å²) in [5.41, 5.74) is 2.47. The summed E-state index contributed by atoms with van der Waals surface area (Å²) in [6.45, 7) is 10.4. The Balaban J connectivity index is 1.19. The van der Waals surface area contributed by atoms with Gasteiger partial charge in [-0.15, -0.1) is 0 Å². The van der Waals surface area contributed by atoms with Crippen LogP contribution in [0.3, 0.4) is 0 Å². The van der Waals surface area contributed by atoms with Crippen LogP contribution in [-0.2, 0) is 11.3 Å². The molecule has 2 aromatic rings. The molecule has 2 aliphatic rings. The molecule has 0 saturated carbocycles. The van der Waals surface area contributed by atoms with Crippen molar-refractivity contribution in [3.63, 3.8) is 0 Å². The number of hydrogen-bond donors (Lipinski definition) is 0. The Morgan fingerprint density at radius 2 is 1.46 bits per heavy atom. The molecule has 150 valence electrons. The molecule has 2 aliphatic heterocycles. The molecule has 4 rings (SSSR count). The Labute approximate surface area is 167 Å². The molecular weight excluding hydrogens is 353 g/mol. The molecule has 0 radical (unpaired) electrons. The maximum absolute atomic E-state index is 13.1. The highest BCUT2D eigenvalue weighted by molar-refractivity contribution is 5.19. The minimum atomic E-state index is -0.192. The van der Waals surface area contributed by atoms with Crippen LogP contribution < -0.4 is 0 Å². The van der Waals surface area contributed by atoms with Crippen molar-refractivity contribution in [2.75, 3.05) is 59.0 Å². The number of ether oxygens (including phenoxy) is 1. The van der Waals surface area contributed by atoms with Crippen LogP contribution in [0.25, 0.3) is 0 Å². The molecule has 2 fully saturated rings. The van der Waals surface area contributed by atoms with Gasteiger partial charge in [0.05, 0.1) is 12.7 Å². The maximum atomic E-state index is 13.1. The van der Waals surface area contributed by atoms with Crippen LogP contribution in [0.1, 0.15) is 17.2 Å². The molecule has 0 aromatic heterocycles. The molecular formula is C23H30FN3O. The van der Waals surface area contributed by atoms with Gasteiger partial charge in [0, 0.05) is 58.9 Å². The van der Waals surface area contributed by atoms with Crippen molar-refractivity contribution in [2.45, 2.75) is 12.6 Å². The summed E-state index contributed by atoms with van der Waals surface area (Å²) >= 11 is 0. The van der Waals surface area contributed by atoms with E-state index in [0.717, 1.165) is 71.1 Å². The van der Waals surface area contributed by atoms with Gasteiger partial charge in [-0.1, -0.05) is 42.5 Å². The Kier molecular flexibility index (Phi) is 6.70. The van der Waals surface area contributed by atoms with Gasteiger partial charge < -0.3 is 4.74 Å². The van der Waals surface area contributed by atoms with E-state index < -0.39 is 0 Å². The number of nitrogens with zero attached hydrogens (tertiary/aromatic N) is 3. The van der Waals surface area contributed by atoms with Crippen molar-refractivity contribution in [1.82, 2.24) is 14.7 Å². The molecule has 2 aromatic carbocycles. The lowest BCUT2D eigenvalue weighted by molar-refractivity contribution is -0.0332. The van der Waals surface area contributed by atoms with Crippen LogP contribution in [0.15, 0.2) is 54.6 Å². The SMILES string of the molecule is Fc1ccc([C@H]2CN(CCN3CCN(Cc4ccccc4)CC3)CCO2)cc1. The first kappa shape index (κ1) is 19.5. The molecule has 0 spiro atoms. The Morgan fingerprint density at radius 3 is 2.21 bits per heavy atom. The van der Waals surface area contributed by atoms with E-state index in [-0.39, 0.29) is 11.9 Å². The zero-order valence-electron chi connectivity index (χ0n) is 16.5. The number of hydrogen-bond acceptors (Lipinski definition) is 4. The summed E-state index contributed by atoms with van der Waals surface area (Å²) in [4.78, 5) is 7.60. The van der Waals surface area contributed by atoms with Gasteiger partial charge in [-0.3, -0.25) is 14.7 Å². The van der Waals surface area contributed by atoms with Crippen LogP contribution in [0.5, 0.6) is 0 Å². The fourth-order valence-corrected chi connectivity index (χ4v) is 4.08. The largest absolute Gasteiger partial charge is 0.371 e. The average Bonchev–Trinajstić information content (AvgIpc) is 2.75. The number of halogens is 1. The highest BCUT2D eigenvalue weighted by Gasteiger charge is 2.23. The molecule has 1 atom stereocenters. The highest BCUT2D eigenvalue weighted by atomic mass is 19.1. The summed E-state index contributed by atoms with van der Waals surface area (Å²) in [6, 6.07) is 17.5. The van der Waals surface area contributed by atoms with Gasteiger partial charge in [-0.25, -0.2) is 4.39 Å². The maximum Gasteiger partial charge on any atom is 0.123 e. The number of piperazine rings is 1. The van der Waals surface area contributed by atoms with Gasteiger partial charge in [-0.05, 0) is 23.3 Å². The quantitative estimate of drug-likeness (QED) is 0.763. The number of morpholine rings is 1. The van der Waals surface area contributed by atoms with Gasteiger partial charge in [0.25, 0.3) is 0 Å². The monoisotopic (exact) mass is 383 g/mol. The lowest BCUT2D eigenvalue weighted by Crippen LogP contribution is -2.49. The van der Waals surface area contributed by atoms with Gasteiger partial charge in [0.2, 0.25) is 0 Å².